The average molecular weight is 355 g/mol. The van der Waals surface area contributed by atoms with E-state index in [0.29, 0.717) is 53.8 Å². The van der Waals surface area contributed by atoms with Crippen molar-refractivity contribution in [3.63, 3.8) is 0 Å². The summed E-state index contributed by atoms with van der Waals surface area (Å²) in [6.45, 7) is 2.72. The summed E-state index contributed by atoms with van der Waals surface area (Å²) < 4.78 is 11.2. The molecule has 0 aromatic carbocycles. The number of halogens is 2. The highest BCUT2D eigenvalue weighted by atomic mass is 35.5. The second kappa shape index (κ2) is 7.77. The smallest absolute Gasteiger partial charge is 0.230 e. The summed E-state index contributed by atoms with van der Waals surface area (Å²) in [4.78, 5) is 15.0. The standard InChI is InChI=1S/C15H16Cl2N4O2/c16-4-3-12-13(17)19-15(21-6-8-22-9-7-21)20-14(12)23-11-2-1-5-18-10-11/h1-2,5,10H,3-4,6-9H2. The van der Waals surface area contributed by atoms with Gasteiger partial charge in [-0.2, -0.15) is 4.98 Å². The van der Waals surface area contributed by atoms with Gasteiger partial charge in [-0.1, -0.05) is 11.6 Å². The lowest BCUT2D eigenvalue weighted by Crippen LogP contribution is -2.37. The third-order valence-electron chi connectivity index (χ3n) is 3.39. The van der Waals surface area contributed by atoms with E-state index in [1.807, 2.05) is 11.0 Å². The molecular formula is C15H16Cl2N4O2. The van der Waals surface area contributed by atoms with Crippen molar-refractivity contribution in [2.45, 2.75) is 6.42 Å². The van der Waals surface area contributed by atoms with Crippen LogP contribution in [0.15, 0.2) is 24.5 Å². The fraction of sp³-hybridized carbons (Fsp3) is 0.400. The quantitative estimate of drug-likeness (QED) is 0.607. The fourth-order valence-electron chi connectivity index (χ4n) is 2.24. The number of anilines is 1. The van der Waals surface area contributed by atoms with Crippen LogP contribution < -0.4 is 9.64 Å². The minimum atomic E-state index is 0.362. The van der Waals surface area contributed by atoms with E-state index in [1.165, 1.54) is 0 Å². The number of hydrogen-bond acceptors (Lipinski definition) is 6. The predicted molar refractivity (Wildman–Crippen MR) is 88.8 cm³/mol. The zero-order chi connectivity index (χ0) is 16.1. The Morgan fingerprint density at radius 3 is 2.78 bits per heavy atom. The van der Waals surface area contributed by atoms with Crippen LogP contribution in [0.2, 0.25) is 5.15 Å². The number of alkyl halides is 1. The van der Waals surface area contributed by atoms with E-state index in [0.717, 1.165) is 13.1 Å². The van der Waals surface area contributed by atoms with Gasteiger partial charge in [0.1, 0.15) is 10.9 Å². The highest BCUT2D eigenvalue weighted by molar-refractivity contribution is 6.30. The topological polar surface area (TPSA) is 60.4 Å². The lowest BCUT2D eigenvalue weighted by atomic mass is 10.2. The van der Waals surface area contributed by atoms with Gasteiger partial charge in [0.15, 0.2) is 0 Å². The monoisotopic (exact) mass is 354 g/mol. The van der Waals surface area contributed by atoms with Crippen LogP contribution in [0, 0.1) is 0 Å². The summed E-state index contributed by atoms with van der Waals surface area (Å²) in [5.74, 6) is 1.95. The SMILES string of the molecule is ClCCc1c(Cl)nc(N2CCOCC2)nc1Oc1cccnc1. The number of ether oxygens (including phenoxy) is 2. The summed E-state index contributed by atoms with van der Waals surface area (Å²) >= 11 is 12.2. The molecule has 0 spiro atoms. The largest absolute Gasteiger partial charge is 0.437 e. The normalized spacial score (nSPS) is 14.8. The highest BCUT2D eigenvalue weighted by Gasteiger charge is 2.20. The van der Waals surface area contributed by atoms with Gasteiger partial charge in [0.25, 0.3) is 0 Å². The molecule has 3 heterocycles. The molecule has 1 aliphatic rings. The van der Waals surface area contributed by atoms with Crippen molar-refractivity contribution in [3.05, 3.63) is 35.2 Å². The molecule has 0 atom stereocenters. The first-order chi connectivity index (χ1) is 11.3. The molecule has 1 aliphatic heterocycles. The van der Waals surface area contributed by atoms with E-state index >= 15 is 0 Å². The molecule has 0 amide bonds. The van der Waals surface area contributed by atoms with Gasteiger partial charge in [-0.25, -0.2) is 4.98 Å². The van der Waals surface area contributed by atoms with Gasteiger partial charge in [-0.3, -0.25) is 4.98 Å². The van der Waals surface area contributed by atoms with Gasteiger partial charge < -0.3 is 14.4 Å². The van der Waals surface area contributed by atoms with Crippen LogP contribution in [0.25, 0.3) is 0 Å². The summed E-state index contributed by atoms with van der Waals surface area (Å²) in [6, 6.07) is 3.60. The van der Waals surface area contributed by atoms with E-state index in [-0.39, 0.29) is 0 Å². The van der Waals surface area contributed by atoms with Crippen molar-refractivity contribution in [1.29, 1.82) is 0 Å². The van der Waals surface area contributed by atoms with E-state index < -0.39 is 0 Å². The molecule has 6 nitrogen and oxygen atoms in total. The molecule has 0 radical (unpaired) electrons. The molecule has 0 aliphatic carbocycles. The fourth-order valence-corrected chi connectivity index (χ4v) is 2.68. The molecule has 1 fully saturated rings. The van der Waals surface area contributed by atoms with Gasteiger partial charge in [-0.15, -0.1) is 11.6 Å². The molecule has 23 heavy (non-hydrogen) atoms. The number of hydrogen-bond donors (Lipinski definition) is 0. The van der Waals surface area contributed by atoms with Crippen molar-refractivity contribution in [3.8, 4) is 11.6 Å². The number of morpholine rings is 1. The maximum atomic E-state index is 6.34. The Morgan fingerprint density at radius 2 is 2.09 bits per heavy atom. The van der Waals surface area contributed by atoms with Gasteiger partial charge in [0, 0.05) is 25.2 Å². The van der Waals surface area contributed by atoms with Crippen molar-refractivity contribution in [1.82, 2.24) is 15.0 Å². The van der Waals surface area contributed by atoms with Crippen LogP contribution in [0.1, 0.15) is 5.56 Å². The number of rotatable bonds is 5. The van der Waals surface area contributed by atoms with Gasteiger partial charge in [-0.05, 0) is 18.6 Å². The molecule has 2 aromatic heterocycles. The Bertz CT molecular complexity index is 651. The van der Waals surface area contributed by atoms with Crippen LogP contribution in [0.4, 0.5) is 5.95 Å². The van der Waals surface area contributed by atoms with Crippen LogP contribution in [0.5, 0.6) is 11.6 Å². The zero-order valence-electron chi connectivity index (χ0n) is 12.4. The zero-order valence-corrected chi connectivity index (χ0v) is 13.9. The maximum absolute atomic E-state index is 6.34. The van der Waals surface area contributed by atoms with Crippen LogP contribution in [-0.4, -0.2) is 47.1 Å². The molecule has 0 bridgehead atoms. The minimum absolute atomic E-state index is 0.362. The van der Waals surface area contributed by atoms with Crippen molar-refractivity contribution < 1.29 is 9.47 Å². The Hall–Kier alpha value is -1.63. The molecule has 0 unspecified atom stereocenters. The summed E-state index contributed by atoms with van der Waals surface area (Å²) in [6.07, 6.45) is 3.83. The molecular weight excluding hydrogens is 339 g/mol. The molecule has 2 aromatic rings. The summed E-state index contributed by atoms with van der Waals surface area (Å²) in [5, 5.41) is 0.362. The van der Waals surface area contributed by atoms with E-state index in [4.69, 9.17) is 32.7 Å². The van der Waals surface area contributed by atoms with Gasteiger partial charge in [0.05, 0.1) is 25.0 Å². The van der Waals surface area contributed by atoms with Crippen molar-refractivity contribution >= 4 is 29.2 Å². The molecule has 1 saturated heterocycles. The Kier molecular flexibility index (Phi) is 5.48. The highest BCUT2D eigenvalue weighted by Crippen LogP contribution is 2.30. The van der Waals surface area contributed by atoms with Crippen molar-refractivity contribution in [2.24, 2.45) is 0 Å². The lowest BCUT2D eigenvalue weighted by molar-refractivity contribution is 0.122. The number of pyridine rings is 1. The lowest BCUT2D eigenvalue weighted by Gasteiger charge is -2.27. The first-order valence-electron chi connectivity index (χ1n) is 7.31. The van der Waals surface area contributed by atoms with Crippen LogP contribution in [-0.2, 0) is 11.2 Å². The maximum Gasteiger partial charge on any atom is 0.230 e. The Balaban J connectivity index is 1.94. The van der Waals surface area contributed by atoms with Crippen molar-refractivity contribution in [2.75, 3.05) is 37.1 Å². The minimum Gasteiger partial charge on any atom is -0.437 e. The second-order valence-corrected chi connectivity index (χ2v) is 5.66. The number of nitrogens with zero attached hydrogens (tertiary/aromatic N) is 4. The molecule has 122 valence electrons. The molecule has 0 N–H and O–H groups in total. The van der Waals surface area contributed by atoms with Crippen LogP contribution >= 0.6 is 23.2 Å². The number of aromatic nitrogens is 3. The van der Waals surface area contributed by atoms with E-state index in [9.17, 15) is 0 Å². The van der Waals surface area contributed by atoms with Gasteiger partial charge in [0.2, 0.25) is 11.8 Å². The summed E-state index contributed by atoms with van der Waals surface area (Å²) in [7, 11) is 0. The average Bonchev–Trinajstić information content (AvgIpc) is 2.59. The first-order valence-corrected chi connectivity index (χ1v) is 8.22. The third-order valence-corrected chi connectivity index (χ3v) is 3.90. The molecule has 8 heteroatoms. The Morgan fingerprint density at radius 1 is 1.26 bits per heavy atom. The van der Waals surface area contributed by atoms with Crippen LogP contribution in [0.3, 0.4) is 0 Å². The first kappa shape index (κ1) is 16.2. The summed E-state index contributed by atoms with van der Waals surface area (Å²) in [5.41, 5.74) is 0.697. The van der Waals surface area contributed by atoms with E-state index in [2.05, 4.69) is 15.0 Å². The predicted octanol–water partition coefficient (Wildman–Crippen LogP) is 2.94. The Labute approximate surface area is 144 Å². The van der Waals surface area contributed by atoms with Gasteiger partial charge >= 0.3 is 0 Å². The molecule has 0 saturated carbocycles. The second-order valence-electron chi connectivity index (χ2n) is 4.93. The third kappa shape index (κ3) is 4.02. The molecule has 3 rings (SSSR count). The van der Waals surface area contributed by atoms with E-state index in [1.54, 1.807) is 18.5 Å².